The third-order valence-corrected chi connectivity index (χ3v) is 5.66. The number of nitrogens with zero attached hydrogens (tertiary/aromatic N) is 1. The average molecular weight is 436 g/mol. The summed E-state index contributed by atoms with van der Waals surface area (Å²) in [6.07, 6.45) is 0. The molecule has 0 bridgehead atoms. The summed E-state index contributed by atoms with van der Waals surface area (Å²) in [5, 5.41) is 1.97. The van der Waals surface area contributed by atoms with Crippen molar-refractivity contribution in [3.63, 3.8) is 0 Å². The molecular formula is C16H13Cl3N2O4S. The average Bonchev–Trinajstić information content (AvgIpc) is 2.55. The van der Waals surface area contributed by atoms with Crippen LogP contribution in [0.1, 0.15) is 6.92 Å². The molecule has 0 aliphatic carbocycles. The summed E-state index contributed by atoms with van der Waals surface area (Å²) in [7, 11) is -4.16. The van der Waals surface area contributed by atoms with Crippen LogP contribution in [0.2, 0.25) is 10.0 Å². The van der Waals surface area contributed by atoms with Gasteiger partial charge in [-0.2, -0.15) is 0 Å². The number of halogens is 3. The summed E-state index contributed by atoms with van der Waals surface area (Å²) in [5.41, 5.74) is 0.455. The molecule has 2 rings (SSSR count). The second-order valence-electron chi connectivity index (χ2n) is 5.17. The van der Waals surface area contributed by atoms with Crippen LogP contribution in [-0.4, -0.2) is 26.1 Å². The minimum atomic E-state index is -4.16. The van der Waals surface area contributed by atoms with E-state index in [1.165, 1.54) is 49.4 Å². The first-order valence-corrected chi connectivity index (χ1v) is 9.72. The Kier molecular flexibility index (Phi) is 6.52. The molecule has 0 spiro atoms. The Bertz CT molecular complexity index is 946. The van der Waals surface area contributed by atoms with Crippen molar-refractivity contribution in [2.24, 2.45) is 0 Å². The standard InChI is InChI=1S/C16H13Cl3N2O4S/c1-10(22)20-12-3-5-13(6-4-12)26(24,25)21(9-16(19)23)15-8-11(17)2-7-14(15)18/h2-8H,9H2,1H3,(H,20,22). The zero-order valence-electron chi connectivity index (χ0n) is 13.4. The van der Waals surface area contributed by atoms with Crippen molar-refractivity contribution < 1.29 is 18.0 Å². The van der Waals surface area contributed by atoms with E-state index in [1.54, 1.807) is 0 Å². The summed E-state index contributed by atoms with van der Waals surface area (Å²) in [6.45, 7) is 0.705. The van der Waals surface area contributed by atoms with E-state index in [-0.39, 0.29) is 26.5 Å². The molecule has 0 radical (unpaired) electrons. The van der Waals surface area contributed by atoms with Crippen LogP contribution in [-0.2, 0) is 19.6 Å². The van der Waals surface area contributed by atoms with E-state index in [0.717, 1.165) is 4.31 Å². The van der Waals surface area contributed by atoms with Crippen molar-refractivity contribution in [3.8, 4) is 0 Å². The van der Waals surface area contributed by atoms with E-state index in [4.69, 9.17) is 34.8 Å². The molecule has 0 saturated carbocycles. The smallest absolute Gasteiger partial charge is 0.264 e. The van der Waals surface area contributed by atoms with Crippen LogP contribution in [0, 0.1) is 0 Å². The number of carbonyl (C=O) groups excluding carboxylic acids is 2. The SMILES string of the molecule is CC(=O)Nc1ccc(S(=O)(=O)N(CC(=O)Cl)c2cc(Cl)ccc2Cl)cc1. The summed E-state index contributed by atoms with van der Waals surface area (Å²) >= 11 is 17.4. The van der Waals surface area contributed by atoms with Crippen molar-refractivity contribution in [2.75, 3.05) is 16.2 Å². The van der Waals surface area contributed by atoms with Gasteiger partial charge in [0.2, 0.25) is 11.1 Å². The molecule has 0 heterocycles. The number of hydrogen-bond donors (Lipinski definition) is 1. The maximum Gasteiger partial charge on any atom is 0.264 e. The van der Waals surface area contributed by atoms with Gasteiger partial charge < -0.3 is 5.32 Å². The number of amides is 1. The highest BCUT2D eigenvalue weighted by molar-refractivity contribution is 7.92. The van der Waals surface area contributed by atoms with Gasteiger partial charge in [-0.1, -0.05) is 23.2 Å². The predicted octanol–water partition coefficient (Wildman–Crippen LogP) is 3.91. The quantitative estimate of drug-likeness (QED) is 0.697. The van der Waals surface area contributed by atoms with Crippen LogP contribution in [0.15, 0.2) is 47.4 Å². The van der Waals surface area contributed by atoms with Gasteiger partial charge in [0.15, 0.2) is 0 Å². The monoisotopic (exact) mass is 434 g/mol. The number of sulfonamides is 1. The number of hydrogen-bond acceptors (Lipinski definition) is 4. The van der Waals surface area contributed by atoms with E-state index in [2.05, 4.69) is 5.32 Å². The Morgan fingerprint density at radius 2 is 1.69 bits per heavy atom. The number of benzene rings is 2. The second-order valence-corrected chi connectivity index (χ2v) is 8.30. The van der Waals surface area contributed by atoms with Gasteiger partial charge in [-0.05, 0) is 54.1 Å². The van der Waals surface area contributed by atoms with Crippen LogP contribution in [0.4, 0.5) is 11.4 Å². The van der Waals surface area contributed by atoms with Gasteiger partial charge in [0.1, 0.15) is 6.54 Å². The van der Waals surface area contributed by atoms with Gasteiger partial charge in [-0.25, -0.2) is 8.42 Å². The molecule has 0 aliphatic rings. The van der Waals surface area contributed by atoms with Gasteiger partial charge in [0.05, 0.1) is 15.6 Å². The molecular weight excluding hydrogens is 423 g/mol. The zero-order chi connectivity index (χ0) is 19.5. The summed E-state index contributed by atoms with van der Waals surface area (Å²) < 4.78 is 26.8. The number of anilines is 2. The minimum Gasteiger partial charge on any atom is -0.326 e. The van der Waals surface area contributed by atoms with Gasteiger partial charge >= 0.3 is 0 Å². The fraction of sp³-hybridized carbons (Fsp3) is 0.125. The van der Waals surface area contributed by atoms with Gasteiger partial charge in [0, 0.05) is 17.6 Å². The van der Waals surface area contributed by atoms with E-state index < -0.39 is 21.8 Å². The first-order valence-electron chi connectivity index (χ1n) is 7.15. The third kappa shape index (κ3) is 4.88. The van der Waals surface area contributed by atoms with Crippen molar-refractivity contribution in [1.29, 1.82) is 0 Å². The Hall–Kier alpha value is -1.80. The van der Waals surface area contributed by atoms with Gasteiger partial charge in [0.25, 0.3) is 10.0 Å². The lowest BCUT2D eigenvalue weighted by molar-refractivity contribution is -0.114. The number of rotatable bonds is 6. The first kappa shape index (κ1) is 20.5. The van der Waals surface area contributed by atoms with Crippen LogP contribution < -0.4 is 9.62 Å². The fourth-order valence-corrected chi connectivity index (χ4v) is 4.19. The third-order valence-electron chi connectivity index (χ3n) is 3.21. The van der Waals surface area contributed by atoms with E-state index in [9.17, 15) is 18.0 Å². The Morgan fingerprint density at radius 1 is 1.08 bits per heavy atom. The van der Waals surface area contributed by atoms with Crippen LogP contribution in [0.3, 0.4) is 0 Å². The summed E-state index contributed by atoms with van der Waals surface area (Å²) in [4.78, 5) is 22.4. The van der Waals surface area contributed by atoms with Crippen molar-refractivity contribution in [3.05, 3.63) is 52.5 Å². The molecule has 1 N–H and O–H groups in total. The molecule has 0 unspecified atom stereocenters. The molecule has 0 saturated heterocycles. The van der Waals surface area contributed by atoms with Crippen molar-refractivity contribution in [1.82, 2.24) is 0 Å². The molecule has 0 aromatic heterocycles. The predicted molar refractivity (Wildman–Crippen MR) is 103 cm³/mol. The normalized spacial score (nSPS) is 11.1. The molecule has 26 heavy (non-hydrogen) atoms. The Morgan fingerprint density at radius 3 is 2.23 bits per heavy atom. The lowest BCUT2D eigenvalue weighted by Gasteiger charge is -2.24. The molecule has 2 aromatic carbocycles. The Labute approximate surface area is 165 Å². The molecule has 0 aliphatic heterocycles. The largest absolute Gasteiger partial charge is 0.326 e. The molecule has 1 amide bonds. The van der Waals surface area contributed by atoms with Crippen molar-refractivity contribution in [2.45, 2.75) is 11.8 Å². The number of carbonyl (C=O) groups is 2. The zero-order valence-corrected chi connectivity index (χ0v) is 16.5. The molecule has 6 nitrogen and oxygen atoms in total. The van der Waals surface area contributed by atoms with Gasteiger partial charge in [-0.15, -0.1) is 0 Å². The topological polar surface area (TPSA) is 83.6 Å². The summed E-state index contributed by atoms with van der Waals surface area (Å²) in [5.74, 6) is -0.291. The van der Waals surface area contributed by atoms with Crippen LogP contribution in [0.25, 0.3) is 0 Å². The molecule has 138 valence electrons. The first-order chi connectivity index (χ1) is 12.1. The molecule has 10 heteroatoms. The van der Waals surface area contributed by atoms with E-state index in [0.29, 0.717) is 5.69 Å². The lowest BCUT2D eigenvalue weighted by atomic mass is 10.3. The highest BCUT2D eigenvalue weighted by Gasteiger charge is 2.28. The molecule has 0 fully saturated rings. The summed E-state index contributed by atoms with van der Waals surface area (Å²) in [6, 6.07) is 9.68. The highest BCUT2D eigenvalue weighted by atomic mass is 35.5. The Balaban J connectivity index is 2.50. The molecule has 2 aromatic rings. The van der Waals surface area contributed by atoms with Crippen LogP contribution in [0.5, 0.6) is 0 Å². The fourth-order valence-electron chi connectivity index (χ4n) is 2.13. The van der Waals surface area contributed by atoms with Gasteiger partial charge in [-0.3, -0.25) is 13.9 Å². The van der Waals surface area contributed by atoms with E-state index >= 15 is 0 Å². The number of nitrogens with one attached hydrogen (secondary N) is 1. The highest BCUT2D eigenvalue weighted by Crippen LogP contribution is 2.33. The maximum absolute atomic E-state index is 13.0. The molecule has 0 atom stereocenters. The lowest BCUT2D eigenvalue weighted by Crippen LogP contribution is -2.34. The van der Waals surface area contributed by atoms with Crippen molar-refractivity contribution >= 4 is 67.4 Å². The maximum atomic E-state index is 13.0. The second kappa shape index (κ2) is 8.26. The van der Waals surface area contributed by atoms with Crippen LogP contribution >= 0.6 is 34.8 Å². The van der Waals surface area contributed by atoms with E-state index in [1.807, 2.05) is 0 Å². The minimum absolute atomic E-state index is 0.0269.